The van der Waals surface area contributed by atoms with E-state index in [0.717, 1.165) is 0 Å². The molecule has 0 radical (unpaired) electrons. The van der Waals surface area contributed by atoms with Crippen LogP contribution in [0.5, 0.6) is 5.75 Å². The van der Waals surface area contributed by atoms with Crippen molar-refractivity contribution in [3.8, 4) is 5.75 Å². The van der Waals surface area contributed by atoms with Crippen LogP contribution in [-0.4, -0.2) is 78.1 Å². The molecular weight excluding hydrogens is 738 g/mol. The molecule has 0 bridgehead atoms. The van der Waals surface area contributed by atoms with Gasteiger partial charge in [-0.05, 0) is 107 Å². The first kappa shape index (κ1) is 44.7. The fourth-order valence-electron chi connectivity index (χ4n) is 5.76. The van der Waals surface area contributed by atoms with Gasteiger partial charge in [0.15, 0.2) is 24.5 Å². The van der Waals surface area contributed by atoms with E-state index in [9.17, 15) is 29.3 Å². The lowest BCUT2D eigenvalue weighted by Gasteiger charge is -2.47. The number of nitro benzene ring substituents is 1. The number of benzene rings is 2. The molecule has 1 saturated heterocycles. The molecular formula is C42H57N3O12. The number of H-pyrrole nitrogens is 1. The van der Waals surface area contributed by atoms with Crippen LogP contribution in [0.2, 0.25) is 0 Å². The van der Waals surface area contributed by atoms with Gasteiger partial charge in [-0.1, -0.05) is 18.2 Å². The van der Waals surface area contributed by atoms with Crippen molar-refractivity contribution < 1.29 is 52.5 Å². The summed E-state index contributed by atoms with van der Waals surface area (Å²) < 4.78 is 36.4. The van der Waals surface area contributed by atoms with Crippen LogP contribution in [0.25, 0.3) is 10.9 Å². The second kappa shape index (κ2) is 16.8. The van der Waals surface area contributed by atoms with Crippen molar-refractivity contribution >= 4 is 40.5 Å². The number of rotatable bonds is 11. The molecule has 4 rings (SSSR count). The van der Waals surface area contributed by atoms with Gasteiger partial charge in [0.1, 0.15) is 18.5 Å². The van der Waals surface area contributed by atoms with Gasteiger partial charge in [0.2, 0.25) is 0 Å². The summed E-state index contributed by atoms with van der Waals surface area (Å²) in [5.74, 6) is -2.19. The number of esters is 4. The molecule has 1 unspecified atom stereocenters. The Hall–Kier alpha value is -5.02. The van der Waals surface area contributed by atoms with Crippen LogP contribution in [0.1, 0.15) is 100 Å². The number of para-hydroxylation sites is 1. The number of carbonyl (C=O) groups excluding carboxylic acids is 4. The fraction of sp³-hybridized carbons (Fsp3) is 0.571. The van der Waals surface area contributed by atoms with Crippen molar-refractivity contribution in [1.29, 1.82) is 0 Å². The molecule has 57 heavy (non-hydrogen) atoms. The van der Waals surface area contributed by atoms with Crippen LogP contribution in [-0.2, 0) is 42.9 Å². The van der Waals surface area contributed by atoms with Crippen LogP contribution in [0.4, 0.5) is 5.69 Å². The largest absolute Gasteiger partial charge is 0.497 e. The second-order valence-electron chi connectivity index (χ2n) is 18.4. The summed E-state index contributed by atoms with van der Waals surface area (Å²) in [6, 6.07) is 10.4. The molecule has 3 aromatic rings. The van der Waals surface area contributed by atoms with Gasteiger partial charge in [-0.2, -0.15) is 0 Å². The van der Waals surface area contributed by atoms with E-state index in [4.69, 9.17) is 28.4 Å². The van der Waals surface area contributed by atoms with Gasteiger partial charge in [0.25, 0.3) is 5.69 Å². The number of ether oxygens (including phenoxy) is 6. The van der Waals surface area contributed by atoms with Crippen molar-refractivity contribution in [2.75, 3.05) is 13.7 Å². The predicted molar refractivity (Wildman–Crippen MR) is 210 cm³/mol. The Kier molecular flexibility index (Phi) is 13.2. The smallest absolute Gasteiger partial charge is 0.311 e. The minimum absolute atomic E-state index is 0.218. The summed E-state index contributed by atoms with van der Waals surface area (Å²) in [7, 11) is 1.52. The normalized spacial score (nSPS) is 21.0. The second-order valence-corrected chi connectivity index (χ2v) is 18.4. The lowest BCUT2D eigenvalue weighted by molar-refractivity contribution is -0.385. The molecule has 2 N–H and O–H groups in total. The molecule has 1 aliphatic rings. The Bertz CT molecular complexity index is 1960. The zero-order valence-corrected chi connectivity index (χ0v) is 35.1. The van der Waals surface area contributed by atoms with Crippen molar-refractivity contribution in [3.05, 3.63) is 69.9 Å². The number of aromatic nitrogens is 1. The average molecular weight is 796 g/mol. The maximum atomic E-state index is 13.8. The van der Waals surface area contributed by atoms with E-state index in [1.807, 2.05) is 0 Å². The standard InChI is InChI=1S/C42H57N3O12/c1-39(2,3)35(46)53-22-29-31(55-36(47)40(4,5)6)32(56-37(48)41(7,8)9)33(57-38(49)42(10,11)12)34(54-29)44-30(24-16-14-15-17-28(24)45(50)51)26-21-43-27-19-18-23(52-13)20-25(26)27/h14-21,29-34,43-44H,22H2,1-13H3/t29-,30?,31+,32+,33-,34-/m1/s1. The molecule has 0 spiro atoms. The number of methoxy groups -OCH3 is 1. The van der Waals surface area contributed by atoms with E-state index in [1.54, 1.807) is 120 Å². The van der Waals surface area contributed by atoms with Gasteiger partial charge in [-0.25, -0.2) is 0 Å². The van der Waals surface area contributed by atoms with Crippen LogP contribution >= 0.6 is 0 Å². The van der Waals surface area contributed by atoms with E-state index < -0.39 is 93.8 Å². The summed E-state index contributed by atoms with van der Waals surface area (Å²) in [6.07, 6.45) is -5.58. The molecule has 0 aliphatic carbocycles. The topological polar surface area (TPSA) is 195 Å². The van der Waals surface area contributed by atoms with Crippen molar-refractivity contribution in [2.24, 2.45) is 21.7 Å². The first-order valence-corrected chi connectivity index (χ1v) is 18.8. The Morgan fingerprint density at radius 2 is 1.28 bits per heavy atom. The Balaban J connectivity index is 2.01. The van der Waals surface area contributed by atoms with E-state index >= 15 is 0 Å². The number of nitrogens with zero attached hydrogens (tertiary/aromatic N) is 1. The molecule has 2 aromatic carbocycles. The first-order valence-electron chi connectivity index (χ1n) is 18.8. The predicted octanol–water partition coefficient (Wildman–Crippen LogP) is 6.95. The Labute approximate surface area is 333 Å². The highest BCUT2D eigenvalue weighted by Gasteiger charge is 2.55. The summed E-state index contributed by atoms with van der Waals surface area (Å²) in [5.41, 5.74) is -2.93. The average Bonchev–Trinajstić information content (AvgIpc) is 3.52. The molecule has 2 heterocycles. The van der Waals surface area contributed by atoms with E-state index in [2.05, 4.69) is 10.3 Å². The molecule has 312 valence electrons. The molecule has 1 aliphatic heterocycles. The lowest BCUT2D eigenvalue weighted by atomic mass is 9.91. The minimum Gasteiger partial charge on any atom is -0.497 e. The highest BCUT2D eigenvalue weighted by atomic mass is 16.7. The van der Waals surface area contributed by atoms with Gasteiger partial charge < -0.3 is 33.4 Å². The van der Waals surface area contributed by atoms with Crippen molar-refractivity contribution in [1.82, 2.24) is 10.3 Å². The zero-order valence-electron chi connectivity index (χ0n) is 35.1. The third-order valence-electron chi connectivity index (χ3n) is 9.20. The maximum absolute atomic E-state index is 13.8. The van der Waals surface area contributed by atoms with Crippen LogP contribution in [0.15, 0.2) is 48.7 Å². The van der Waals surface area contributed by atoms with Gasteiger partial charge in [-0.15, -0.1) is 0 Å². The molecule has 1 fully saturated rings. The lowest BCUT2D eigenvalue weighted by Crippen LogP contribution is -2.67. The van der Waals surface area contributed by atoms with E-state index in [1.165, 1.54) is 19.2 Å². The summed E-state index contributed by atoms with van der Waals surface area (Å²) in [4.78, 5) is 69.7. The van der Waals surface area contributed by atoms with Gasteiger partial charge >= 0.3 is 23.9 Å². The van der Waals surface area contributed by atoms with Crippen molar-refractivity contribution in [3.63, 3.8) is 0 Å². The molecule has 15 heteroatoms. The summed E-state index contributed by atoms with van der Waals surface area (Å²) in [5, 5.41) is 16.6. The van der Waals surface area contributed by atoms with Gasteiger partial charge in [-0.3, -0.25) is 34.6 Å². The van der Waals surface area contributed by atoms with Crippen molar-refractivity contribution in [2.45, 2.75) is 120 Å². The summed E-state index contributed by atoms with van der Waals surface area (Å²) in [6.45, 7) is 19.3. The number of hydrogen-bond donors (Lipinski definition) is 2. The number of nitrogens with one attached hydrogen (secondary N) is 2. The summed E-state index contributed by atoms with van der Waals surface area (Å²) >= 11 is 0. The molecule has 0 amide bonds. The first-order chi connectivity index (χ1) is 26.2. The third-order valence-corrected chi connectivity index (χ3v) is 9.20. The maximum Gasteiger partial charge on any atom is 0.311 e. The zero-order chi connectivity index (χ0) is 42.8. The third kappa shape index (κ3) is 10.7. The van der Waals surface area contributed by atoms with E-state index in [0.29, 0.717) is 22.2 Å². The SMILES string of the molecule is COc1ccc2[nH]cc(C(N[C@@H]3O[C@H](COC(=O)C(C)(C)C)[C@H](OC(=O)C(C)(C)C)[C@H](OC(=O)C(C)(C)C)[C@H]3OC(=O)C(C)(C)C)c3ccccc3[N+](=O)[O-])c2c1. The highest BCUT2D eigenvalue weighted by Crippen LogP contribution is 2.39. The van der Waals surface area contributed by atoms with Crippen LogP contribution in [0.3, 0.4) is 0 Å². The Morgan fingerprint density at radius 3 is 1.81 bits per heavy atom. The Morgan fingerprint density at radius 1 is 0.754 bits per heavy atom. The number of hydrogen-bond acceptors (Lipinski definition) is 13. The highest BCUT2D eigenvalue weighted by molar-refractivity contribution is 5.86. The van der Waals surface area contributed by atoms with E-state index in [-0.39, 0.29) is 11.3 Å². The van der Waals surface area contributed by atoms with Crippen LogP contribution < -0.4 is 10.1 Å². The number of carbonyl (C=O) groups is 4. The fourth-order valence-corrected chi connectivity index (χ4v) is 5.76. The quantitative estimate of drug-likeness (QED) is 0.0877. The molecule has 6 atom stereocenters. The van der Waals surface area contributed by atoms with Crippen LogP contribution in [0, 0.1) is 31.8 Å². The minimum atomic E-state index is -1.53. The monoisotopic (exact) mass is 795 g/mol. The molecule has 1 aromatic heterocycles. The number of fused-ring (bicyclic) bond motifs is 1. The number of nitro groups is 1. The number of aromatic amines is 1. The molecule has 15 nitrogen and oxygen atoms in total. The molecule has 0 saturated carbocycles. The van der Waals surface area contributed by atoms with Gasteiger partial charge in [0, 0.05) is 23.2 Å². The van der Waals surface area contributed by atoms with Gasteiger partial charge in [0.05, 0.1) is 45.3 Å².